The quantitative estimate of drug-likeness (QED) is 0.220. The Morgan fingerprint density at radius 1 is 1.03 bits per heavy atom. The number of carbonyl (C=O) groups is 2. The first-order valence-corrected chi connectivity index (χ1v) is 10.4. The van der Waals surface area contributed by atoms with E-state index in [0.717, 1.165) is 5.56 Å². The molecule has 0 saturated heterocycles. The van der Waals surface area contributed by atoms with Crippen molar-refractivity contribution in [1.29, 1.82) is 0 Å². The van der Waals surface area contributed by atoms with Crippen LogP contribution in [0.1, 0.15) is 38.8 Å². The molecule has 0 fully saturated rings. The maximum atomic E-state index is 12.4. The molecule has 6 nitrogen and oxygen atoms in total. The summed E-state index contributed by atoms with van der Waals surface area (Å²) in [6.45, 7) is 4.18. The highest BCUT2D eigenvalue weighted by Gasteiger charge is 2.13. The lowest BCUT2D eigenvalue weighted by molar-refractivity contribution is 0.0728. The van der Waals surface area contributed by atoms with Gasteiger partial charge in [-0.1, -0.05) is 29.8 Å². The first-order chi connectivity index (χ1) is 15.0. The van der Waals surface area contributed by atoms with Crippen LogP contribution in [0.3, 0.4) is 0 Å². The summed E-state index contributed by atoms with van der Waals surface area (Å²) in [5.41, 5.74) is 5.15. The van der Waals surface area contributed by atoms with Gasteiger partial charge in [0.15, 0.2) is 11.5 Å². The first kappa shape index (κ1) is 22.2. The van der Waals surface area contributed by atoms with Crippen molar-refractivity contribution < 1.29 is 19.1 Å². The summed E-state index contributed by atoms with van der Waals surface area (Å²) in [5.74, 6) is -0.0913. The van der Waals surface area contributed by atoms with Crippen LogP contribution in [0.4, 0.5) is 0 Å². The van der Waals surface area contributed by atoms with Crippen LogP contribution in [0.15, 0.2) is 76.3 Å². The van der Waals surface area contributed by atoms with E-state index in [1.165, 1.54) is 6.21 Å². The summed E-state index contributed by atoms with van der Waals surface area (Å²) < 4.78 is 11.8. The van der Waals surface area contributed by atoms with Gasteiger partial charge in [0.1, 0.15) is 0 Å². The smallest absolute Gasteiger partial charge is 0.343 e. The number of carbonyl (C=O) groups excluding carboxylic acids is 2. The van der Waals surface area contributed by atoms with Crippen LogP contribution in [-0.2, 0) is 0 Å². The number of benzene rings is 3. The molecule has 7 heteroatoms. The van der Waals surface area contributed by atoms with Crippen LogP contribution in [0.25, 0.3) is 0 Å². The van der Waals surface area contributed by atoms with E-state index < -0.39 is 5.97 Å². The lowest BCUT2D eigenvalue weighted by Gasteiger charge is -2.11. The minimum absolute atomic E-state index is 0.307. The number of hydrogen-bond donors (Lipinski definition) is 1. The summed E-state index contributed by atoms with van der Waals surface area (Å²) in [4.78, 5) is 24.6. The van der Waals surface area contributed by atoms with Gasteiger partial charge in [-0.05, 0) is 77.8 Å². The maximum absolute atomic E-state index is 12.4. The normalized spacial score (nSPS) is 10.7. The van der Waals surface area contributed by atoms with E-state index in [-0.39, 0.29) is 5.91 Å². The zero-order valence-electron chi connectivity index (χ0n) is 17.1. The number of nitrogens with zero attached hydrogens (tertiary/aromatic N) is 1. The molecule has 3 rings (SSSR count). The maximum Gasteiger partial charge on any atom is 0.343 e. The van der Waals surface area contributed by atoms with Crippen LogP contribution in [0, 0.1) is 6.92 Å². The highest BCUT2D eigenvalue weighted by Crippen LogP contribution is 2.29. The Morgan fingerprint density at radius 2 is 1.77 bits per heavy atom. The summed E-state index contributed by atoms with van der Waals surface area (Å²) in [6, 6.07) is 19.2. The standard InChI is InChI=1S/C24H21BrN2O4/c1-3-30-22-14-17(15-26-27-23(28)19-6-4-5-7-20(19)25)10-13-21(22)31-24(29)18-11-8-16(2)9-12-18/h4-15H,3H2,1-2H3,(H,27,28)/b26-15-. The molecule has 0 atom stereocenters. The molecule has 0 radical (unpaired) electrons. The molecule has 3 aromatic carbocycles. The number of amides is 1. The number of esters is 1. The average molecular weight is 481 g/mol. The fourth-order valence-electron chi connectivity index (χ4n) is 2.68. The van der Waals surface area contributed by atoms with Crippen LogP contribution in [0.5, 0.6) is 11.5 Å². The second-order valence-electron chi connectivity index (χ2n) is 6.57. The van der Waals surface area contributed by atoms with E-state index in [9.17, 15) is 9.59 Å². The predicted octanol–water partition coefficient (Wildman–Crippen LogP) is 5.14. The van der Waals surface area contributed by atoms with Crippen molar-refractivity contribution in [3.8, 4) is 11.5 Å². The molecule has 0 aliphatic heterocycles. The summed E-state index contributed by atoms with van der Waals surface area (Å²) in [7, 11) is 0. The monoisotopic (exact) mass is 480 g/mol. The molecule has 1 amide bonds. The third-order valence-electron chi connectivity index (χ3n) is 4.26. The largest absolute Gasteiger partial charge is 0.490 e. The number of hydrazone groups is 1. The highest BCUT2D eigenvalue weighted by molar-refractivity contribution is 9.10. The van der Waals surface area contributed by atoms with Crippen LogP contribution >= 0.6 is 15.9 Å². The third kappa shape index (κ3) is 6.02. The molecular formula is C24H21BrN2O4. The minimum atomic E-state index is -0.469. The Bertz CT molecular complexity index is 1110. The molecule has 1 N–H and O–H groups in total. The van der Waals surface area contributed by atoms with Crippen molar-refractivity contribution in [2.75, 3.05) is 6.61 Å². The van der Waals surface area contributed by atoms with E-state index in [1.807, 2.05) is 32.0 Å². The minimum Gasteiger partial charge on any atom is -0.490 e. The van der Waals surface area contributed by atoms with Gasteiger partial charge in [0.05, 0.1) is 23.9 Å². The van der Waals surface area contributed by atoms with Crippen molar-refractivity contribution in [3.05, 3.63) is 93.5 Å². The van der Waals surface area contributed by atoms with Crippen molar-refractivity contribution in [2.45, 2.75) is 13.8 Å². The third-order valence-corrected chi connectivity index (χ3v) is 4.95. The molecule has 31 heavy (non-hydrogen) atoms. The molecule has 0 aliphatic carbocycles. The Labute approximate surface area is 189 Å². The van der Waals surface area contributed by atoms with Crippen molar-refractivity contribution in [2.24, 2.45) is 5.10 Å². The summed E-state index contributed by atoms with van der Waals surface area (Å²) >= 11 is 3.34. The summed E-state index contributed by atoms with van der Waals surface area (Å²) in [6.07, 6.45) is 1.49. The molecule has 0 spiro atoms. The zero-order chi connectivity index (χ0) is 22.2. The molecular weight excluding hydrogens is 460 g/mol. The van der Waals surface area contributed by atoms with Gasteiger partial charge in [0.25, 0.3) is 5.91 Å². The van der Waals surface area contributed by atoms with Gasteiger partial charge in [-0.15, -0.1) is 0 Å². The van der Waals surface area contributed by atoms with Crippen LogP contribution < -0.4 is 14.9 Å². The van der Waals surface area contributed by atoms with E-state index >= 15 is 0 Å². The number of halogens is 1. The van der Waals surface area contributed by atoms with Crippen molar-refractivity contribution in [3.63, 3.8) is 0 Å². The van der Waals surface area contributed by atoms with Crippen molar-refractivity contribution in [1.82, 2.24) is 5.43 Å². The first-order valence-electron chi connectivity index (χ1n) is 9.61. The second kappa shape index (κ2) is 10.5. The van der Waals surface area contributed by atoms with E-state index in [2.05, 4.69) is 26.5 Å². The molecule has 0 aromatic heterocycles. The van der Waals surface area contributed by atoms with Gasteiger partial charge in [-0.25, -0.2) is 10.2 Å². The Kier molecular flexibility index (Phi) is 7.56. The average Bonchev–Trinajstić information content (AvgIpc) is 2.76. The Hall–Kier alpha value is -3.45. The van der Waals surface area contributed by atoms with E-state index in [0.29, 0.717) is 39.3 Å². The fourth-order valence-corrected chi connectivity index (χ4v) is 3.14. The lowest BCUT2D eigenvalue weighted by atomic mass is 10.1. The van der Waals surface area contributed by atoms with Gasteiger partial charge < -0.3 is 9.47 Å². The molecule has 0 heterocycles. The van der Waals surface area contributed by atoms with Gasteiger partial charge in [0.2, 0.25) is 0 Å². The van der Waals surface area contributed by atoms with E-state index in [1.54, 1.807) is 48.5 Å². The predicted molar refractivity (Wildman–Crippen MR) is 123 cm³/mol. The number of aryl methyl sites for hydroxylation is 1. The molecule has 0 aliphatic rings. The zero-order valence-corrected chi connectivity index (χ0v) is 18.7. The lowest BCUT2D eigenvalue weighted by Crippen LogP contribution is -2.18. The fraction of sp³-hybridized carbons (Fsp3) is 0.125. The van der Waals surface area contributed by atoms with E-state index in [4.69, 9.17) is 9.47 Å². The molecule has 0 bridgehead atoms. The Morgan fingerprint density at radius 3 is 2.48 bits per heavy atom. The topological polar surface area (TPSA) is 77.0 Å². The van der Waals surface area contributed by atoms with Crippen LogP contribution in [-0.4, -0.2) is 24.7 Å². The van der Waals surface area contributed by atoms with Gasteiger partial charge in [-0.2, -0.15) is 5.10 Å². The molecule has 158 valence electrons. The number of hydrogen-bond acceptors (Lipinski definition) is 5. The molecule has 0 saturated carbocycles. The van der Waals surface area contributed by atoms with Crippen LogP contribution in [0.2, 0.25) is 0 Å². The van der Waals surface area contributed by atoms with Crippen molar-refractivity contribution >= 4 is 34.0 Å². The second-order valence-corrected chi connectivity index (χ2v) is 7.43. The summed E-state index contributed by atoms with van der Waals surface area (Å²) in [5, 5.41) is 4.00. The molecule has 0 unspecified atom stereocenters. The van der Waals surface area contributed by atoms with Gasteiger partial charge in [0, 0.05) is 4.47 Å². The highest BCUT2D eigenvalue weighted by atomic mass is 79.9. The molecule has 3 aromatic rings. The van der Waals surface area contributed by atoms with Gasteiger partial charge in [-0.3, -0.25) is 4.79 Å². The number of rotatable bonds is 7. The number of ether oxygens (including phenoxy) is 2. The Balaban J connectivity index is 1.71. The SMILES string of the molecule is CCOc1cc(/C=N\NC(=O)c2ccccc2Br)ccc1OC(=O)c1ccc(C)cc1. The van der Waals surface area contributed by atoms with Gasteiger partial charge >= 0.3 is 5.97 Å². The number of nitrogens with one attached hydrogen (secondary N) is 1.